The summed E-state index contributed by atoms with van der Waals surface area (Å²) in [4.78, 5) is 0. The van der Waals surface area contributed by atoms with E-state index in [-0.39, 0.29) is 0 Å². The molecule has 1 N–H and O–H groups in total. The van der Waals surface area contributed by atoms with E-state index < -0.39 is 0 Å². The van der Waals surface area contributed by atoms with Crippen molar-refractivity contribution in [2.24, 2.45) is 7.05 Å². The predicted molar refractivity (Wildman–Crippen MR) is 79.9 cm³/mol. The Hall–Kier alpha value is -2.06. The van der Waals surface area contributed by atoms with E-state index in [9.17, 15) is 0 Å². The second kappa shape index (κ2) is 5.29. The number of para-hydroxylation sites is 1. The van der Waals surface area contributed by atoms with E-state index in [1.807, 2.05) is 6.07 Å². The quantitative estimate of drug-likeness (QED) is 0.750. The zero-order valence-corrected chi connectivity index (χ0v) is 11.1. The van der Waals surface area contributed by atoms with Gasteiger partial charge in [0.05, 0.1) is 0 Å². The molecule has 0 aliphatic heterocycles. The highest BCUT2D eigenvalue weighted by molar-refractivity contribution is 5.83. The van der Waals surface area contributed by atoms with Crippen LogP contribution in [0, 0.1) is 0 Å². The minimum atomic E-state index is 0.899. The Morgan fingerprint density at radius 1 is 0.895 bits per heavy atom. The van der Waals surface area contributed by atoms with Gasteiger partial charge in [0, 0.05) is 37.2 Å². The summed E-state index contributed by atoms with van der Waals surface area (Å²) < 4.78 is 2.19. The first-order valence-corrected chi connectivity index (χ1v) is 6.62. The van der Waals surface area contributed by atoms with Crippen LogP contribution in [0.15, 0.2) is 60.8 Å². The molecule has 0 unspecified atom stereocenters. The van der Waals surface area contributed by atoms with Gasteiger partial charge < -0.3 is 9.88 Å². The number of rotatable bonds is 4. The van der Waals surface area contributed by atoms with E-state index in [1.165, 1.54) is 22.0 Å². The Morgan fingerprint density at radius 3 is 2.47 bits per heavy atom. The fourth-order valence-electron chi connectivity index (χ4n) is 2.50. The van der Waals surface area contributed by atoms with Crippen molar-refractivity contribution in [3.05, 3.63) is 71.9 Å². The molecule has 0 radical (unpaired) electrons. The number of hydrogen-bond acceptors (Lipinski definition) is 1. The van der Waals surface area contributed by atoms with Gasteiger partial charge in [0.15, 0.2) is 0 Å². The molecule has 1 aromatic heterocycles. The van der Waals surface area contributed by atoms with E-state index in [1.54, 1.807) is 0 Å². The molecule has 0 fully saturated rings. The van der Waals surface area contributed by atoms with Crippen LogP contribution in [-0.2, 0) is 20.1 Å². The van der Waals surface area contributed by atoms with Gasteiger partial charge in [0.2, 0.25) is 0 Å². The van der Waals surface area contributed by atoms with Gasteiger partial charge >= 0.3 is 0 Å². The van der Waals surface area contributed by atoms with Gasteiger partial charge in [-0.15, -0.1) is 0 Å². The Labute approximate surface area is 113 Å². The molecule has 96 valence electrons. The van der Waals surface area contributed by atoms with E-state index in [4.69, 9.17) is 0 Å². The first-order chi connectivity index (χ1) is 9.34. The summed E-state index contributed by atoms with van der Waals surface area (Å²) in [5.41, 5.74) is 3.97. The summed E-state index contributed by atoms with van der Waals surface area (Å²) in [6, 6.07) is 19.0. The molecular weight excluding hydrogens is 232 g/mol. The third-order valence-electron chi connectivity index (χ3n) is 3.47. The average molecular weight is 250 g/mol. The molecule has 0 amide bonds. The zero-order chi connectivity index (χ0) is 13.1. The topological polar surface area (TPSA) is 17.0 Å². The van der Waals surface area contributed by atoms with E-state index in [0.717, 1.165) is 13.1 Å². The SMILES string of the molecule is Cn1cc(CNCc2ccccc2)c2ccccc21. The molecule has 2 heteroatoms. The Kier molecular flexibility index (Phi) is 3.34. The van der Waals surface area contributed by atoms with Crippen LogP contribution in [0.4, 0.5) is 0 Å². The molecule has 0 bridgehead atoms. The maximum Gasteiger partial charge on any atom is 0.0481 e. The van der Waals surface area contributed by atoms with Gasteiger partial charge in [-0.3, -0.25) is 0 Å². The van der Waals surface area contributed by atoms with Crippen molar-refractivity contribution in [2.75, 3.05) is 0 Å². The highest BCUT2D eigenvalue weighted by Gasteiger charge is 2.04. The number of benzene rings is 2. The molecule has 0 aliphatic rings. The molecule has 0 atom stereocenters. The second-order valence-corrected chi connectivity index (χ2v) is 4.87. The lowest BCUT2D eigenvalue weighted by Crippen LogP contribution is -2.12. The highest BCUT2D eigenvalue weighted by Crippen LogP contribution is 2.20. The van der Waals surface area contributed by atoms with Crippen molar-refractivity contribution in [3.63, 3.8) is 0 Å². The van der Waals surface area contributed by atoms with E-state index >= 15 is 0 Å². The molecule has 1 heterocycles. The van der Waals surface area contributed by atoms with Crippen LogP contribution in [0.5, 0.6) is 0 Å². The molecule has 0 saturated heterocycles. The average Bonchev–Trinajstić information content (AvgIpc) is 2.78. The van der Waals surface area contributed by atoms with E-state index in [0.29, 0.717) is 0 Å². The van der Waals surface area contributed by atoms with Gasteiger partial charge in [-0.25, -0.2) is 0 Å². The van der Waals surface area contributed by atoms with Gasteiger partial charge in [-0.05, 0) is 17.2 Å². The number of fused-ring (bicyclic) bond motifs is 1. The molecule has 3 aromatic rings. The van der Waals surface area contributed by atoms with Crippen molar-refractivity contribution < 1.29 is 0 Å². The number of aryl methyl sites for hydroxylation is 1. The fraction of sp³-hybridized carbons (Fsp3) is 0.176. The molecular formula is C17H18N2. The summed E-state index contributed by atoms with van der Waals surface area (Å²) in [6.07, 6.45) is 2.21. The van der Waals surface area contributed by atoms with Gasteiger partial charge in [0.25, 0.3) is 0 Å². The summed E-state index contributed by atoms with van der Waals surface area (Å²) in [5, 5.41) is 4.85. The van der Waals surface area contributed by atoms with Crippen LogP contribution in [0.25, 0.3) is 10.9 Å². The molecule has 0 aliphatic carbocycles. The number of nitrogens with one attached hydrogen (secondary N) is 1. The third kappa shape index (κ3) is 2.54. The Morgan fingerprint density at radius 2 is 1.63 bits per heavy atom. The highest BCUT2D eigenvalue weighted by atomic mass is 14.9. The van der Waals surface area contributed by atoms with Gasteiger partial charge in [-0.1, -0.05) is 48.5 Å². The Balaban J connectivity index is 1.72. The van der Waals surface area contributed by atoms with Crippen molar-refractivity contribution >= 4 is 10.9 Å². The normalized spacial score (nSPS) is 11.0. The first kappa shape index (κ1) is 12.0. The lowest BCUT2D eigenvalue weighted by atomic mass is 10.1. The first-order valence-electron chi connectivity index (χ1n) is 6.62. The summed E-state index contributed by atoms with van der Waals surface area (Å²) in [7, 11) is 2.10. The number of aromatic nitrogens is 1. The Bertz CT molecular complexity index is 668. The summed E-state index contributed by atoms with van der Waals surface area (Å²) >= 11 is 0. The van der Waals surface area contributed by atoms with Gasteiger partial charge in [-0.2, -0.15) is 0 Å². The minimum absolute atomic E-state index is 0.899. The van der Waals surface area contributed by atoms with Crippen molar-refractivity contribution in [1.82, 2.24) is 9.88 Å². The summed E-state index contributed by atoms with van der Waals surface area (Å²) in [6.45, 7) is 1.81. The van der Waals surface area contributed by atoms with Crippen LogP contribution < -0.4 is 5.32 Å². The van der Waals surface area contributed by atoms with Crippen LogP contribution >= 0.6 is 0 Å². The molecule has 0 spiro atoms. The number of nitrogens with zero attached hydrogens (tertiary/aromatic N) is 1. The van der Waals surface area contributed by atoms with Crippen LogP contribution in [0.2, 0.25) is 0 Å². The molecule has 2 nitrogen and oxygen atoms in total. The van der Waals surface area contributed by atoms with Crippen LogP contribution in [0.3, 0.4) is 0 Å². The van der Waals surface area contributed by atoms with E-state index in [2.05, 4.69) is 71.7 Å². The predicted octanol–water partition coefficient (Wildman–Crippen LogP) is 3.47. The van der Waals surface area contributed by atoms with Crippen LogP contribution in [0.1, 0.15) is 11.1 Å². The van der Waals surface area contributed by atoms with Crippen molar-refractivity contribution in [2.45, 2.75) is 13.1 Å². The monoisotopic (exact) mass is 250 g/mol. The van der Waals surface area contributed by atoms with Gasteiger partial charge in [0.1, 0.15) is 0 Å². The molecule has 0 saturated carbocycles. The molecule has 19 heavy (non-hydrogen) atoms. The standard InChI is InChI=1S/C17H18N2/c1-19-13-15(16-9-5-6-10-17(16)19)12-18-11-14-7-3-2-4-8-14/h2-10,13,18H,11-12H2,1H3. The van der Waals surface area contributed by atoms with Crippen molar-refractivity contribution in [3.8, 4) is 0 Å². The number of hydrogen-bond donors (Lipinski definition) is 1. The smallest absolute Gasteiger partial charge is 0.0481 e. The maximum absolute atomic E-state index is 3.51. The lowest BCUT2D eigenvalue weighted by molar-refractivity contribution is 0.694. The minimum Gasteiger partial charge on any atom is -0.350 e. The second-order valence-electron chi connectivity index (χ2n) is 4.87. The fourth-order valence-corrected chi connectivity index (χ4v) is 2.50. The summed E-state index contributed by atoms with van der Waals surface area (Å²) in [5.74, 6) is 0. The van der Waals surface area contributed by atoms with Crippen LogP contribution in [-0.4, -0.2) is 4.57 Å². The zero-order valence-electron chi connectivity index (χ0n) is 11.1. The lowest BCUT2D eigenvalue weighted by Gasteiger charge is -2.04. The third-order valence-corrected chi connectivity index (χ3v) is 3.47. The molecule has 3 rings (SSSR count). The maximum atomic E-state index is 3.51. The molecule has 2 aromatic carbocycles. The largest absolute Gasteiger partial charge is 0.350 e. The van der Waals surface area contributed by atoms with Crippen molar-refractivity contribution in [1.29, 1.82) is 0 Å².